The van der Waals surface area contributed by atoms with E-state index in [-0.39, 0.29) is 11.9 Å². The number of aromatic amines is 2. The van der Waals surface area contributed by atoms with Crippen molar-refractivity contribution >= 4 is 28.3 Å². The van der Waals surface area contributed by atoms with Gasteiger partial charge in [0.15, 0.2) is 5.82 Å². The van der Waals surface area contributed by atoms with E-state index < -0.39 is 5.41 Å². The average molecular weight is 324 g/mol. The number of carbonyl (C=O) groups excluding carboxylic acids is 1. The summed E-state index contributed by atoms with van der Waals surface area (Å²) in [4.78, 5) is 22.5. The average Bonchev–Trinajstić information content (AvgIpc) is 3.14. The van der Waals surface area contributed by atoms with Gasteiger partial charge in [0.1, 0.15) is 5.69 Å². The number of nitrogen functional groups attached to an aromatic ring is 1. The topological polar surface area (TPSA) is 104 Å². The number of nitrogens with one attached hydrogen (secondary N) is 2. The summed E-state index contributed by atoms with van der Waals surface area (Å²) in [7, 11) is 0. The lowest BCUT2D eigenvalue weighted by atomic mass is 9.86. The second-order valence-corrected chi connectivity index (χ2v) is 7.07. The van der Waals surface area contributed by atoms with E-state index in [1.807, 2.05) is 44.7 Å². The van der Waals surface area contributed by atoms with E-state index in [0.717, 1.165) is 22.3 Å². The van der Waals surface area contributed by atoms with Crippen LogP contribution in [0.3, 0.4) is 0 Å². The summed E-state index contributed by atoms with van der Waals surface area (Å²) >= 11 is 0. The molecule has 0 saturated carbocycles. The molecular weight excluding hydrogens is 304 g/mol. The Labute approximate surface area is 139 Å². The third kappa shape index (κ3) is 1.81. The van der Waals surface area contributed by atoms with Crippen molar-refractivity contribution in [3.63, 3.8) is 0 Å². The third-order valence-corrected chi connectivity index (χ3v) is 4.71. The number of H-pyrrole nitrogens is 2. The van der Waals surface area contributed by atoms with Crippen LogP contribution in [-0.2, 0) is 10.2 Å². The molecule has 3 heterocycles. The number of hydrogen-bond acceptors (Lipinski definition) is 4. The first-order chi connectivity index (χ1) is 11.3. The number of imidazole rings is 1. The first-order valence-corrected chi connectivity index (χ1v) is 7.98. The SMILES string of the molecule is CC(C)N1C(=O)C(C)(C)c2cc3[nH]c(-c4[nH]ncc4N)nc3cc21. The second-order valence-electron chi connectivity index (χ2n) is 7.07. The number of nitrogens with two attached hydrogens (primary N) is 1. The van der Waals surface area contributed by atoms with Crippen LogP contribution in [0, 0.1) is 0 Å². The molecule has 1 amide bonds. The zero-order valence-electron chi connectivity index (χ0n) is 14.1. The van der Waals surface area contributed by atoms with Gasteiger partial charge < -0.3 is 15.6 Å². The van der Waals surface area contributed by atoms with Gasteiger partial charge in [0.25, 0.3) is 0 Å². The molecule has 0 atom stereocenters. The van der Waals surface area contributed by atoms with Gasteiger partial charge in [-0.1, -0.05) is 0 Å². The van der Waals surface area contributed by atoms with Crippen LogP contribution in [-0.4, -0.2) is 32.1 Å². The molecular formula is C17H20N6O. The van der Waals surface area contributed by atoms with E-state index in [2.05, 4.69) is 20.2 Å². The van der Waals surface area contributed by atoms with Crippen molar-refractivity contribution in [2.45, 2.75) is 39.2 Å². The van der Waals surface area contributed by atoms with Crippen molar-refractivity contribution in [3.8, 4) is 11.5 Å². The van der Waals surface area contributed by atoms with Crippen molar-refractivity contribution in [2.75, 3.05) is 10.6 Å². The Bertz CT molecular complexity index is 965. The van der Waals surface area contributed by atoms with Crippen LogP contribution in [0.1, 0.15) is 33.3 Å². The van der Waals surface area contributed by atoms with Crippen molar-refractivity contribution in [1.29, 1.82) is 0 Å². The van der Waals surface area contributed by atoms with Gasteiger partial charge in [0.05, 0.1) is 34.0 Å². The van der Waals surface area contributed by atoms with Gasteiger partial charge in [-0.05, 0) is 45.4 Å². The van der Waals surface area contributed by atoms with Crippen LogP contribution in [0.4, 0.5) is 11.4 Å². The Morgan fingerprint density at radius 1 is 1.29 bits per heavy atom. The van der Waals surface area contributed by atoms with E-state index in [4.69, 9.17) is 5.73 Å². The van der Waals surface area contributed by atoms with E-state index in [9.17, 15) is 4.79 Å². The summed E-state index contributed by atoms with van der Waals surface area (Å²) in [5.41, 5.74) is 10.2. The molecule has 0 spiro atoms. The molecule has 1 aliphatic heterocycles. The fourth-order valence-corrected chi connectivity index (χ4v) is 3.39. The Balaban J connectivity index is 1.94. The Hall–Kier alpha value is -2.83. The van der Waals surface area contributed by atoms with Gasteiger partial charge in [-0.15, -0.1) is 0 Å². The lowest BCUT2D eigenvalue weighted by Crippen LogP contribution is -2.40. The minimum absolute atomic E-state index is 0.0946. The van der Waals surface area contributed by atoms with Gasteiger partial charge >= 0.3 is 0 Å². The number of hydrogen-bond donors (Lipinski definition) is 3. The molecule has 124 valence electrons. The third-order valence-electron chi connectivity index (χ3n) is 4.71. The molecule has 0 fully saturated rings. The Morgan fingerprint density at radius 2 is 2.04 bits per heavy atom. The molecule has 0 saturated heterocycles. The fraction of sp³-hybridized carbons (Fsp3) is 0.353. The monoisotopic (exact) mass is 324 g/mol. The van der Waals surface area contributed by atoms with E-state index in [0.29, 0.717) is 17.2 Å². The number of benzene rings is 1. The number of rotatable bonds is 2. The molecule has 24 heavy (non-hydrogen) atoms. The minimum Gasteiger partial charge on any atom is -0.396 e. The van der Waals surface area contributed by atoms with Gasteiger partial charge in [-0.25, -0.2) is 4.98 Å². The van der Waals surface area contributed by atoms with Crippen molar-refractivity contribution in [3.05, 3.63) is 23.9 Å². The zero-order chi connectivity index (χ0) is 17.2. The van der Waals surface area contributed by atoms with Crippen LogP contribution < -0.4 is 10.6 Å². The summed E-state index contributed by atoms with van der Waals surface area (Å²) in [5, 5.41) is 6.79. The molecule has 1 aliphatic rings. The molecule has 4 N–H and O–H groups in total. The summed E-state index contributed by atoms with van der Waals surface area (Å²) in [6.45, 7) is 7.97. The Morgan fingerprint density at radius 3 is 2.67 bits per heavy atom. The summed E-state index contributed by atoms with van der Waals surface area (Å²) in [5.74, 6) is 0.766. The predicted molar refractivity (Wildman–Crippen MR) is 93.7 cm³/mol. The van der Waals surface area contributed by atoms with Gasteiger partial charge in [-0.3, -0.25) is 9.89 Å². The number of fused-ring (bicyclic) bond motifs is 2. The Kier molecular flexibility index (Phi) is 2.82. The maximum Gasteiger partial charge on any atom is 0.237 e. The lowest BCUT2D eigenvalue weighted by Gasteiger charge is -2.24. The molecule has 3 aromatic rings. The largest absolute Gasteiger partial charge is 0.396 e. The number of amides is 1. The van der Waals surface area contributed by atoms with Crippen molar-refractivity contribution < 1.29 is 4.79 Å². The number of carbonyl (C=O) groups is 1. The van der Waals surface area contributed by atoms with Crippen LogP contribution in [0.5, 0.6) is 0 Å². The molecule has 7 heteroatoms. The van der Waals surface area contributed by atoms with Crippen molar-refractivity contribution in [2.24, 2.45) is 0 Å². The highest BCUT2D eigenvalue weighted by molar-refractivity contribution is 6.09. The molecule has 0 radical (unpaired) electrons. The normalized spacial score (nSPS) is 16.4. The van der Waals surface area contributed by atoms with E-state index in [1.165, 1.54) is 0 Å². The second kappa shape index (κ2) is 4.59. The van der Waals surface area contributed by atoms with Crippen LogP contribution >= 0.6 is 0 Å². The highest BCUT2D eigenvalue weighted by atomic mass is 16.2. The summed E-state index contributed by atoms with van der Waals surface area (Å²) in [6, 6.07) is 4.09. The van der Waals surface area contributed by atoms with E-state index >= 15 is 0 Å². The maximum atomic E-state index is 12.8. The first kappa shape index (κ1) is 14.7. The highest BCUT2D eigenvalue weighted by Crippen LogP contribution is 2.44. The van der Waals surface area contributed by atoms with Gasteiger partial charge in [0.2, 0.25) is 5.91 Å². The molecule has 1 aromatic carbocycles. The molecule has 0 unspecified atom stereocenters. The minimum atomic E-state index is -0.550. The zero-order valence-corrected chi connectivity index (χ0v) is 14.1. The molecule has 4 rings (SSSR count). The quantitative estimate of drug-likeness (QED) is 0.674. The molecule has 2 aromatic heterocycles. The molecule has 7 nitrogen and oxygen atoms in total. The van der Waals surface area contributed by atoms with Gasteiger partial charge in [0, 0.05) is 6.04 Å². The number of nitrogens with zero attached hydrogens (tertiary/aromatic N) is 3. The first-order valence-electron chi connectivity index (χ1n) is 7.98. The standard InChI is InChI=1S/C17H20N6O/c1-8(2)23-13-6-12-11(5-9(13)17(3,4)16(23)24)20-15(21-12)14-10(18)7-19-22-14/h5-8H,18H2,1-4H3,(H,19,22)(H,20,21). The summed E-state index contributed by atoms with van der Waals surface area (Å²) in [6.07, 6.45) is 1.56. The fourth-order valence-electron chi connectivity index (χ4n) is 3.39. The van der Waals surface area contributed by atoms with Crippen LogP contribution in [0.2, 0.25) is 0 Å². The maximum absolute atomic E-state index is 12.8. The highest BCUT2D eigenvalue weighted by Gasteiger charge is 2.45. The van der Waals surface area contributed by atoms with Gasteiger partial charge in [-0.2, -0.15) is 5.10 Å². The van der Waals surface area contributed by atoms with Crippen LogP contribution in [0.15, 0.2) is 18.3 Å². The predicted octanol–water partition coefficient (Wildman–Crippen LogP) is 2.57. The lowest BCUT2D eigenvalue weighted by molar-refractivity contribution is -0.122. The van der Waals surface area contributed by atoms with Crippen LogP contribution in [0.25, 0.3) is 22.6 Å². The number of anilines is 2. The smallest absolute Gasteiger partial charge is 0.237 e. The summed E-state index contributed by atoms with van der Waals surface area (Å²) < 4.78 is 0. The van der Waals surface area contributed by atoms with Crippen molar-refractivity contribution in [1.82, 2.24) is 20.2 Å². The number of aromatic nitrogens is 4. The molecule has 0 aliphatic carbocycles. The van der Waals surface area contributed by atoms with E-state index in [1.54, 1.807) is 6.20 Å². The molecule has 0 bridgehead atoms.